The molecule has 2 aromatic rings. The van der Waals surface area contributed by atoms with Gasteiger partial charge in [0.2, 0.25) is 5.91 Å². The third-order valence-electron chi connectivity index (χ3n) is 5.47. The van der Waals surface area contributed by atoms with Crippen molar-refractivity contribution in [3.8, 4) is 0 Å². The van der Waals surface area contributed by atoms with Gasteiger partial charge in [0.05, 0.1) is 0 Å². The van der Waals surface area contributed by atoms with Crippen LogP contribution in [0.1, 0.15) is 29.2 Å². The molecular formula is C21H22N4O3. The Morgan fingerprint density at radius 3 is 2.64 bits per heavy atom. The number of aryl methyl sites for hydroxylation is 1. The quantitative estimate of drug-likeness (QED) is 0.680. The van der Waals surface area contributed by atoms with Crippen molar-refractivity contribution in [1.29, 1.82) is 0 Å². The number of imide groups is 1. The number of benzene rings is 2. The van der Waals surface area contributed by atoms with Crippen molar-refractivity contribution in [3.63, 3.8) is 0 Å². The zero-order valence-corrected chi connectivity index (χ0v) is 15.4. The average molecular weight is 378 g/mol. The van der Waals surface area contributed by atoms with Crippen LogP contribution >= 0.6 is 0 Å². The molecule has 1 aliphatic carbocycles. The van der Waals surface area contributed by atoms with Crippen molar-refractivity contribution in [2.24, 2.45) is 5.73 Å². The van der Waals surface area contributed by atoms with Crippen LogP contribution in [0.25, 0.3) is 0 Å². The maximum Gasteiger partial charge on any atom is 0.325 e. The van der Waals surface area contributed by atoms with Gasteiger partial charge in [-0.2, -0.15) is 0 Å². The highest BCUT2D eigenvalue weighted by Crippen LogP contribution is 2.41. The monoisotopic (exact) mass is 378 g/mol. The van der Waals surface area contributed by atoms with Crippen LogP contribution in [-0.4, -0.2) is 35.8 Å². The molecule has 2 aliphatic rings. The van der Waals surface area contributed by atoms with E-state index in [0.29, 0.717) is 12.8 Å². The van der Waals surface area contributed by atoms with Crippen molar-refractivity contribution in [2.45, 2.75) is 24.4 Å². The minimum atomic E-state index is -1.05. The zero-order valence-electron chi connectivity index (χ0n) is 15.4. The van der Waals surface area contributed by atoms with Crippen molar-refractivity contribution >= 4 is 17.8 Å². The third kappa shape index (κ3) is 3.03. The summed E-state index contributed by atoms with van der Waals surface area (Å²) in [6.07, 6.45) is 1.22. The number of carbonyl (C=O) groups excluding carboxylic acids is 3. The molecule has 7 heteroatoms. The summed E-state index contributed by atoms with van der Waals surface area (Å²) in [6.45, 7) is -0.101. The van der Waals surface area contributed by atoms with Gasteiger partial charge < -0.3 is 16.4 Å². The van der Waals surface area contributed by atoms with E-state index >= 15 is 0 Å². The topological polar surface area (TPSA) is 105 Å². The fraction of sp³-hybridized carbons (Fsp3) is 0.286. The van der Waals surface area contributed by atoms with Crippen LogP contribution < -0.4 is 16.4 Å². The molecule has 144 valence electrons. The lowest BCUT2D eigenvalue weighted by Crippen LogP contribution is -2.44. The molecular weight excluding hydrogens is 356 g/mol. The molecule has 1 fully saturated rings. The van der Waals surface area contributed by atoms with Crippen molar-refractivity contribution in [1.82, 2.24) is 15.5 Å². The van der Waals surface area contributed by atoms with E-state index in [9.17, 15) is 14.4 Å². The Morgan fingerprint density at radius 2 is 1.86 bits per heavy atom. The van der Waals surface area contributed by atoms with Crippen molar-refractivity contribution in [2.75, 3.05) is 13.1 Å². The van der Waals surface area contributed by atoms with Crippen LogP contribution in [0, 0.1) is 0 Å². The molecule has 1 heterocycles. The highest BCUT2D eigenvalue weighted by molar-refractivity contribution is 6.09. The van der Waals surface area contributed by atoms with E-state index in [-0.39, 0.29) is 25.0 Å². The van der Waals surface area contributed by atoms with Gasteiger partial charge in [-0.15, -0.1) is 0 Å². The van der Waals surface area contributed by atoms with E-state index in [1.807, 2.05) is 54.6 Å². The molecule has 4 rings (SSSR count). The van der Waals surface area contributed by atoms with Gasteiger partial charge in [-0.3, -0.25) is 14.5 Å². The highest BCUT2D eigenvalue weighted by Gasteiger charge is 2.55. The van der Waals surface area contributed by atoms with Gasteiger partial charge in [0.1, 0.15) is 12.1 Å². The average Bonchev–Trinajstić information content (AvgIpc) is 3.20. The van der Waals surface area contributed by atoms with Gasteiger partial charge in [-0.25, -0.2) is 4.79 Å². The fourth-order valence-corrected chi connectivity index (χ4v) is 3.97. The zero-order chi connectivity index (χ0) is 19.7. The first-order valence-corrected chi connectivity index (χ1v) is 9.31. The van der Waals surface area contributed by atoms with Gasteiger partial charge in [-0.05, 0) is 29.5 Å². The fourth-order valence-electron chi connectivity index (χ4n) is 3.97. The van der Waals surface area contributed by atoms with E-state index in [4.69, 9.17) is 5.73 Å². The summed E-state index contributed by atoms with van der Waals surface area (Å²) in [6, 6.07) is 16.1. The van der Waals surface area contributed by atoms with E-state index in [0.717, 1.165) is 21.6 Å². The highest BCUT2D eigenvalue weighted by atomic mass is 16.2. The lowest BCUT2D eigenvalue weighted by atomic mass is 9.92. The normalized spacial score (nSPS) is 21.5. The van der Waals surface area contributed by atoms with Crippen molar-refractivity contribution < 1.29 is 14.4 Å². The number of amides is 4. The summed E-state index contributed by atoms with van der Waals surface area (Å²) in [5, 5.41) is 5.52. The van der Waals surface area contributed by atoms with Gasteiger partial charge >= 0.3 is 6.03 Å². The number of rotatable bonds is 5. The molecule has 7 nitrogen and oxygen atoms in total. The summed E-state index contributed by atoms with van der Waals surface area (Å²) in [5.41, 5.74) is 7.81. The second-order valence-corrected chi connectivity index (χ2v) is 7.21. The Bertz CT molecular complexity index is 930. The largest absolute Gasteiger partial charge is 0.353 e. The lowest BCUT2D eigenvalue weighted by molar-refractivity contribution is -0.135. The van der Waals surface area contributed by atoms with Crippen LogP contribution in [0.3, 0.4) is 0 Å². The molecule has 2 aromatic carbocycles. The Hall–Kier alpha value is -3.19. The SMILES string of the molecule is NC(CNC(=O)CN1C(=O)NC2(CCc3ccccc32)C1=O)c1ccccc1. The number of carbonyl (C=O) groups is 3. The van der Waals surface area contributed by atoms with Crippen LogP contribution in [0.5, 0.6) is 0 Å². The number of nitrogens with one attached hydrogen (secondary N) is 2. The minimum absolute atomic E-state index is 0.223. The molecule has 4 amide bonds. The first-order chi connectivity index (χ1) is 13.5. The first-order valence-electron chi connectivity index (χ1n) is 9.31. The Morgan fingerprint density at radius 1 is 1.14 bits per heavy atom. The Kier molecular flexibility index (Phi) is 4.60. The van der Waals surface area contributed by atoms with E-state index in [2.05, 4.69) is 10.6 Å². The molecule has 2 atom stereocenters. The predicted molar refractivity (Wildman–Crippen MR) is 103 cm³/mol. The number of fused-ring (bicyclic) bond motifs is 2. The smallest absolute Gasteiger partial charge is 0.325 e. The first kappa shape index (κ1) is 18.2. The number of nitrogens with two attached hydrogens (primary N) is 1. The maximum atomic E-state index is 13.0. The molecule has 2 unspecified atom stereocenters. The molecule has 28 heavy (non-hydrogen) atoms. The molecule has 0 aromatic heterocycles. The number of hydrogen-bond donors (Lipinski definition) is 3. The standard InChI is InChI=1S/C21H22N4O3/c22-17(15-7-2-1-3-8-15)12-23-18(26)13-25-19(27)21(24-20(25)28)11-10-14-6-4-5-9-16(14)21/h1-9,17H,10-13,22H2,(H,23,26)(H,24,28). The van der Waals surface area contributed by atoms with Gasteiger partial charge in [-0.1, -0.05) is 54.6 Å². The second-order valence-electron chi connectivity index (χ2n) is 7.21. The molecule has 0 bridgehead atoms. The molecule has 1 spiro atoms. The number of nitrogens with zero attached hydrogens (tertiary/aromatic N) is 1. The predicted octanol–water partition coefficient (Wildman–Crippen LogP) is 1.20. The third-order valence-corrected chi connectivity index (χ3v) is 5.47. The summed E-state index contributed by atoms with van der Waals surface area (Å²) in [4.78, 5) is 38.8. The molecule has 0 radical (unpaired) electrons. The molecule has 4 N–H and O–H groups in total. The van der Waals surface area contributed by atoms with Crippen LogP contribution in [0.15, 0.2) is 54.6 Å². The maximum absolute atomic E-state index is 13.0. The van der Waals surface area contributed by atoms with Gasteiger partial charge in [0.25, 0.3) is 5.91 Å². The summed E-state index contributed by atoms with van der Waals surface area (Å²) in [5.74, 6) is -0.789. The summed E-state index contributed by atoms with van der Waals surface area (Å²) < 4.78 is 0. The number of hydrogen-bond acceptors (Lipinski definition) is 4. The molecule has 0 saturated carbocycles. The Balaban J connectivity index is 1.41. The van der Waals surface area contributed by atoms with E-state index in [1.54, 1.807) is 0 Å². The van der Waals surface area contributed by atoms with E-state index in [1.165, 1.54) is 0 Å². The van der Waals surface area contributed by atoms with Crippen LogP contribution in [-0.2, 0) is 21.5 Å². The lowest BCUT2D eigenvalue weighted by Gasteiger charge is -2.22. The van der Waals surface area contributed by atoms with Crippen LogP contribution in [0.4, 0.5) is 4.79 Å². The summed E-state index contributed by atoms with van der Waals surface area (Å²) >= 11 is 0. The molecule has 1 aliphatic heterocycles. The number of urea groups is 1. The van der Waals surface area contributed by atoms with Gasteiger partial charge in [0, 0.05) is 12.6 Å². The van der Waals surface area contributed by atoms with E-state index < -0.39 is 17.5 Å². The summed E-state index contributed by atoms with van der Waals surface area (Å²) in [7, 11) is 0. The second kappa shape index (κ2) is 7.09. The van der Waals surface area contributed by atoms with Crippen LogP contribution in [0.2, 0.25) is 0 Å². The van der Waals surface area contributed by atoms with Gasteiger partial charge in [0.15, 0.2) is 0 Å². The van der Waals surface area contributed by atoms with Crippen molar-refractivity contribution in [3.05, 3.63) is 71.3 Å². The Labute approximate surface area is 162 Å². The molecule has 1 saturated heterocycles. The minimum Gasteiger partial charge on any atom is -0.353 e.